The van der Waals surface area contributed by atoms with Crippen molar-refractivity contribution < 1.29 is 81.1 Å². The van der Waals surface area contributed by atoms with Crippen molar-refractivity contribution in [3.8, 4) is 5.75 Å². The van der Waals surface area contributed by atoms with Crippen molar-refractivity contribution in [1.29, 1.82) is 0 Å². The Hall–Kier alpha value is -6.86. The molecular formula is C61H74BN5O18S4. The van der Waals surface area contributed by atoms with Crippen LogP contribution in [0.2, 0.25) is 0 Å². The molecule has 4 aliphatic rings. The summed E-state index contributed by atoms with van der Waals surface area (Å²) < 4.78 is 143. The van der Waals surface area contributed by atoms with Gasteiger partial charge in [0.2, 0.25) is 5.91 Å². The standard InChI is InChI=1S/C61H74BN5O18S4/c1-39(59(70)67-33-12-17-55(67)62(71)72)65-58(69)42-20-31-56(63-37-42)64-38-43(68)15-7-6-8-16-48-49-27-25-46(88(79,80)81)35-51(49)60(2,3)50(48)28-18-40-13-11-14-41(57(40)85-44-21-23-45(24-22-44)87(76,77)78)19-30-54-61(4,5)52-36-47(89(82,83)84)26-29-53(52)66(54)32-9-10-34-86(73,74)75/h18-31,35-37,39,55,71-72H,6-17,32-34,38H2,1-5H3,(H,63,64)(H,65,69)(H,73,74,75)(H,76,77,78)(H,79,80,81)(H,82,83,84)/b28-18+,41-19+,54-30+/t39-,55+/m1/s1. The van der Waals surface area contributed by atoms with E-state index in [1.54, 1.807) is 12.1 Å². The molecule has 8 rings (SSSR count). The van der Waals surface area contributed by atoms with Crippen LogP contribution in [-0.2, 0) is 60.9 Å². The summed E-state index contributed by atoms with van der Waals surface area (Å²) >= 11 is 0. The van der Waals surface area contributed by atoms with Crippen molar-refractivity contribution in [2.45, 2.75) is 149 Å². The number of allylic oxidation sites excluding steroid dienone is 9. The maximum Gasteiger partial charge on any atom is 0.475 e. The van der Waals surface area contributed by atoms with Crippen molar-refractivity contribution in [1.82, 2.24) is 15.2 Å². The molecule has 0 saturated carbocycles. The number of Topliss-reactive ketones (excluding diaryl/α,β-unsaturated/α-hetero) is 1. The average Bonchev–Trinajstić information content (AvgIpc) is 1.84. The fourth-order valence-electron chi connectivity index (χ4n) is 12.0. The lowest BCUT2D eigenvalue weighted by molar-refractivity contribution is -0.132. The van der Waals surface area contributed by atoms with E-state index in [0.29, 0.717) is 110 Å². The van der Waals surface area contributed by atoms with Crippen LogP contribution in [0, 0.1) is 0 Å². The van der Waals surface area contributed by atoms with Crippen molar-refractivity contribution >= 4 is 82.3 Å². The SMILES string of the molecule is C[C@@H](NC(=O)c1ccc(NCC(=O)CCCCCC2=C(/C=C/C3=C(Oc4ccc(S(=O)(=O)O)cc4)C(=C/C=C4/N(CCCCS(=O)(=O)O)c5ccc(S(=O)(=O)O)cc5C4(C)C)/CCC3)C(C)(C)c3cc(S(=O)(=O)O)ccc32)nc1)C(=O)N1CCC[C@H]1B(O)O. The molecule has 2 aliphatic heterocycles. The number of fused-ring (bicyclic) bond motifs is 2. The summed E-state index contributed by atoms with van der Waals surface area (Å²) in [5.74, 6) is -1.28. The summed E-state index contributed by atoms with van der Waals surface area (Å²) in [6.07, 6.45) is 14.6. The first-order chi connectivity index (χ1) is 41.6. The molecule has 23 nitrogen and oxygen atoms in total. The molecule has 2 aliphatic carbocycles. The minimum Gasteiger partial charge on any atom is -0.457 e. The molecular weight excluding hydrogens is 1230 g/mol. The van der Waals surface area contributed by atoms with E-state index < -0.39 is 88.0 Å². The second kappa shape index (κ2) is 27.3. The number of nitrogens with one attached hydrogen (secondary N) is 2. The molecule has 1 fully saturated rings. The number of nitrogens with zero attached hydrogens (tertiary/aromatic N) is 3. The van der Waals surface area contributed by atoms with Gasteiger partial charge in [0.05, 0.1) is 38.5 Å². The number of ether oxygens (including phenoxy) is 1. The fraction of sp³-hybridized carbons (Fsp3) is 0.410. The zero-order valence-corrected chi connectivity index (χ0v) is 53.2. The van der Waals surface area contributed by atoms with Gasteiger partial charge in [-0.3, -0.25) is 32.6 Å². The summed E-state index contributed by atoms with van der Waals surface area (Å²) in [5, 5.41) is 25.0. The second-order valence-electron chi connectivity index (χ2n) is 23.7. The van der Waals surface area contributed by atoms with Crippen molar-refractivity contribution in [3.63, 3.8) is 0 Å². The van der Waals surface area contributed by atoms with E-state index >= 15 is 0 Å². The molecule has 4 aromatic rings. The molecule has 0 unspecified atom stereocenters. The first kappa shape index (κ1) is 68.1. The molecule has 3 heterocycles. The summed E-state index contributed by atoms with van der Waals surface area (Å²) in [7, 11) is -19.7. The van der Waals surface area contributed by atoms with Crippen molar-refractivity contribution in [3.05, 3.63) is 154 Å². The first-order valence-electron chi connectivity index (χ1n) is 29.1. The lowest BCUT2D eigenvalue weighted by Gasteiger charge is -2.27. The molecule has 0 bridgehead atoms. The molecule has 0 radical (unpaired) electrons. The number of benzene rings is 3. The number of pyridine rings is 1. The van der Waals surface area contributed by atoms with Crippen LogP contribution in [0.15, 0.2) is 146 Å². The Morgan fingerprint density at radius 3 is 2.06 bits per heavy atom. The Labute approximate surface area is 519 Å². The Balaban J connectivity index is 1.03. The quantitative estimate of drug-likeness (QED) is 0.0168. The summed E-state index contributed by atoms with van der Waals surface area (Å²) in [4.78, 5) is 45.7. The number of hydrogen-bond donors (Lipinski definition) is 8. The lowest BCUT2D eigenvalue weighted by Crippen LogP contribution is -2.52. The fourth-order valence-corrected chi connectivity index (χ4v) is 14.1. The molecule has 478 valence electrons. The van der Waals surface area contributed by atoms with E-state index in [2.05, 4.69) is 15.6 Å². The van der Waals surface area contributed by atoms with Gasteiger partial charge in [-0.15, -0.1) is 0 Å². The van der Waals surface area contributed by atoms with Gasteiger partial charge in [0, 0.05) is 47.9 Å². The summed E-state index contributed by atoms with van der Waals surface area (Å²) in [6, 6.07) is 16.1. The molecule has 0 spiro atoms. The zero-order valence-electron chi connectivity index (χ0n) is 49.9. The van der Waals surface area contributed by atoms with E-state index in [-0.39, 0.29) is 57.7 Å². The number of unbranched alkanes of at least 4 members (excludes halogenated alkanes) is 3. The largest absolute Gasteiger partial charge is 0.475 e. The van der Waals surface area contributed by atoms with Gasteiger partial charge in [-0.2, -0.15) is 33.7 Å². The van der Waals surface area contributed by atoms with Crippen LogP contribution in [0.4, 0.5) is 11.5 Å². The molecule has 3 aromatic carbocycles. The molecule has 2 amide bonds. The Kier molecular flexibility index (Phi) is 20.9. The predicted octanol–water partition coefficient (Wildman–Crippen LogP) is 7.97. The zero-order chi connectivity index (χ0) is 65.0. The number of carbonyl (C=O) groups excluding carboxylic acids is 3. The number of hydrogen-bond acceptors (Lipinski definition) is 17. The number of aromatic nitrogens is 1. The lowest BCUT2D eigenvalue weighted by atomic mass is 9.78. The normalized spacial score (nSPS) is 18.8. The van der Waals surface area contributed by atoms with E-state index in [1.165, 1.54) is 78.7 Å². The van der Waals surface area contributed by atoms with Crippen LogP contribution >= 0.6 is 0 Å². The number of rotatable bonds is 26. The average molecular weight is 1300 g/mol. The van der Waals surface area contributed by atoms with Gasteiger partial charge in [0.1, 0.15) is 23.4 Å². The van der Waals surface area contributed by atoms with Gasteiger partial charge < -0.3 is 35.2 Å². The van der Waals surface area contributed by atoms with E-state index in [1.807, 2.05) is 56.9 Å². The van der Waals surface area contributed by atoms with E-state index in [4.69, 9.17) is 4.74 Å². The van der Waals surface area contributed by atoms with Gasteiger partial charge in [0.25, 0.3) is 46.4 Å². The third-order valence-electron chi connectivity index (χ3n) is 16.7. The number of carbonyl (C=O) groups is 3. The monoisotopic (exact) mass is 1300 g/mol. The minimum atomic E-state index is -4.60. The minimum absolute atomic E-state index is 0.0333. The van der Waals surface area contributed by atoms with E-state index in [9.17, 15) is 76.3 Å². The van der Waals surface area contributed by atoms with Crippen LogP contribution in [0.5, 0.6) is 5.75 Å². The maximum atomic E-state index is 13.1. The summed E-state index contributed by atoms with van der Waals surface area (Å²) in [6.45, 7) is 9.76. The molecule has 8 N–H and O–H groups in total. The van der Waals surface area contributed by atoms with Crippen LogP contribution < -0.4 is 20.3 Å². The van der Waals surface area contributed by atoms with Gasteiger partial charge >= 0.3 is 7.12 Å². The maximum absolute atomic E-state index is 13.1. The Morgan fingerprint density at radius 1 is 0.753 bits per heavy atom. The van der Waals surface area contributed by atoms with Gasteiger partial charge in [0.15, 0.2) is 5.78 Å². The number of anilines is 2. The third kappa shape index (κ3) is 16.4. The Morgan fingerprint density at radius 2 is 1.42 bits per heavy atom. The summed E-state index contributed by atoms with van der Waals surface area (Å²) in [5.41, 5.74) is 5.02. The molecule has 1 aromatic heterocycles. The van der Waals surface area contributed by atoms with Crippen LogP contribution in [-0.4, -0.2) is 134 Å². The van der Waals surface area contributed by atoms with Crippen LogP contribution in [0.1, 0.15) is 139 Å². The number of likely N-dealkylation sites (tertiary alicyclic amines) is 1. The van der Waals surface area contributed by atoms with Gasteiger partial charge in [-0.05, 0) is 183 Å². The molecule has 1 saturated heterocycles. The van der Waals surface area contributed by atoms with Gasteiger partial charge in [-0.25, -0.2) is 4.98 Å². The Bertz CT molecular complexity index is 4030. The highest BCUT2D eigenvalue weighted by molar-refractivity contribution is 7.86. The predicted molar refractivity (Wildman–Crippen MR) is 334 cm³/mol. The van der Waals surface area contributed by atoms with Crippen LogP contribution in [0.3, 0.4) is 0 Å². The highest BCUT2D eigenvalue weighted by Crippen LogP contribution is 2.51. The molecule has 28 heteroatoms. The van der Waals surface area contributed by atoms with Crippen LogP contribution in [0.25, 0.3) is 5.57 Å². The van der Waals surface area contributed by atoms with Gasteiger partial charge in [-0.1, -0.05) is 58.4 Å². The highest BCUT2D eigenvalue weighted by atomic mass is 32.2. The number of amides is 2. The van der Waals surface area contributed by atoms with Crippen molar-refractivity contribution in [2.24, 2.45) is 0 Å². The first-order valence-corrected chi connectivity index (χ1v) is 35.1. The smallest absolute Gasteiger partial charge is 0.457 e. The third-order valence-corrected chi connectivity index (χ3v) is 20.1. The molecule has 2 atom stereocenters. The number of ketones is 1. The highest BCUT2D eigenvalue weighted by Gasteiger charge is 2.42. The van der Waals surface area contributed by atoms with Crippen molar-refractivity contribution in [2.75, 3.05) is 35.6 Å². The van der Waals surface area contributed by atoms with E-state index in [0.717, 1.165) is 22.3 Å². The molecule has 89 heavy (non-hydrogen) atoms. The topological polar surface area (TPSA) is 362 Å². The second-order valence-corrected chi connectivity index (χ2v) is 29.5.